The van der Waals surface area contributed by atoms with Crippen LogP contribution in [0.3, 0.4) is 0 Å². The van der Waals surface area contributed by atoms with Crippen molar-refractivity contribution in [3.63, 3.8) is 0 Å². The van der Waals surface area contributed by atoms with Crippen molar-refractivity contribution in [1.29, 1.82) is 0 Å². The number of benzene rings is 1. The molecule has 0 aromatic heterocycles. The molecule has 92 valence electrons. The van der Waals surface area contributed by atoms with Crippen LogP contribution < -0.4 is 10.6 Å². The summed E-state index contributed by atoms with van der Waals surface area (Å²) in [5.74, 6) is -0.167. The SMILES string of the molecule is CCNC(=O)c1cccc(NC(=O)OCC)c1. The van der Waals surface area contributed by atoms with E-state index in [4.69, 9.17) is 4.74 Å². The molecule has 5 heteroatoms. The summed E-state index contributed by atoms with van der Waals surface area (Å²) in [7, 11) is 0. The van der Waals surface area contributed by atoms with Gasteiger partial charge in [-0.1, -0.05) is 6.07 Å². The van der Waals surface area contributed by atoms with Crippen LogP contribution in [0.15, 0.2) is 24.3 Å². The first-order chi connectivity index (χ1) is 8.17. The standard InChI is InChI=1S/C12H16N2O3/c1-3-13-11(15)9-6-5-7-10(8-9)14-12(16)17-4-2/h5-8H,3-4H2,1-2H3,(H,13,15)(H,14,16). The Labute approximate surface area is 100 Å². The van der Waals surface area contributed by atoms with E-state index in [1.807, 2.05) is 6.92 Å². The van der Waals surface area contributed by atoms with Crippen molar-refractivity contribution in [2.75, 3.05) is 18.5 Å². The number of rotatable bonds is 4. The molecule has 1 aromatic carbocycles. The Bertz CT molecular complexity index is 404. The molecule has 0 fully saturated rings. The van der Waals surface area contributed by atoms with Crippen molar-refractivity contribution < 1.29 is 14.3 Å². The Morgan fingerprint density at radius 2 is 2.06 bits per heavy atom. The molecule has 5 nitrogen and oxygen atoms in total. The zero-order chi connectivity index (χ0) is 12.7. The van der Waals surface area contributed by atoms with Gasteiger partial charge in [0.05, 0.1) is 6.61 Å². The average Bonchev–Trinajstić information content (AvgIpc) is 2.30. The van der Waals surface area contributed by atoms with Crippen LogP contribution in [-0.2, 0) is 4.74 Å². The van der Waals surface area contributed by atoms with Gasteiger partial charge in [-0.3, -0.25) is 10.1 Å². The number of carbonyl (C=O) groups excluding carboxylic acids is 2. The predicted molar refractivity (Wildman–Crippen MR) is 65.1 cm³/mol. The maximum atomic E-state index is 11.6. The molecule has 0 atom stereocenters. The Kier molecular flexibility index (Phi) is 5.00. The lowest BCUT2D eigenvalue weighted by atomic mass is 10.2. The van der Waals surface area contributed by atoms with Gasteiger partial charge in [-0.2, -0.15) is 0 Å². The minimum absolute atomic E-state index is 0.167. The fourth-order valence-corrected chi connectivity index (χ4v) is 1.29. The lowest BCUT2D eigenvalue weighted by molar-refractivity contribution is 0.0955. The van der Waals surface area contributed by atoms with E-state index >= 15 is 0 Å². The van der Waals surface area contributed by atoms with Gasteiger partial charge in [0.1, 0.15) is 0 Å². The van der Waals surface area contributed by atoms with Gasteiger partial charge in [0.25, 0.3) is 5.91 Å². The first kappa shape index (κ1) is 13.0. The van der Waals surface area contributed by atoms with E-state index in [2.05, 4.69) is 10.6 Å². The maximum Gasteiger partial charge on any atom is 0.411 e. The topological polar surface area (TPSA) is 67.4 Å². The van der Waals surface area contributed by atoms with Crippen LogP contribution in [-0.4, -0.2) is 25.2 Å². The van der Waals surface area contributed by atoms with Crippen LogP contribution in [0.25, 0.3) is 0 Å². The second-order valence-corrected chi connectivity index (χ2v) is 3.29. The minimum Gasteiger partial charge on any atom is -0.450 e. The van der Waals surface area contributed by atoms with Crippen LogP contribution in [0.5, 0.6) is 0 Å². The summed E-state index contributed by atoms with van der Waals surface area (Å²) in [6, 6.07) is 6.68. The molecule has 0 saturated heterocycles. The monoisotopic (exact) mass is 236 g/mol. The van der Waals surface area contributed by atoms with Gasteiger partial charge < -0.3 is 10.1 Å². The second kappa shape index (κ2) is 6.52. The molecular weight excluding hydrogens is 220 g/mol. The van der Waals surface area contributed by atoms with Gasteiger partial charge >= 0.3 is 6.09 Å². The summed E-state index contributed by atoms with van der Waals surface area (Å²) in [4.78, 5) is 22.7. The van der Waals surface area contributed by atoms with Gasteiger partial charge in [0.15, 0.2) is 0 Å². The Morgan fingerprint density at radius 3 is 2.71 bits per heavy atom. The molecule has 17 heavy (non-hydrogen) atoms. The summed E-state index contributed by atoms with van der Waals surface area (Å²) in [5.41, 5.74) is 1.04. The fourth-order valence-electron chi connectivity index (χ4n) is 1.29. The Morgan fingerprint density at radius 1 is 1.29 bits per heavy atom. The number of amides is 2. The third-order valence-corrected chi connectivity index (χ3v) is 1.98. The molecule has 0 saturated carbocycles. The van der Waals surface area contributed by atoms with Gasteiger partial charge in [0.2, 0.25) is 0 Å². The van der Waals surface area contributed by atoms with Gasteiger partial charge in [-0.15, -0.1) is 0 Å². The zero-order valence-corrected chi connectivity index (χ0v) is 9.95. The van der Waals surface area contributed by atoms with Crippen molar-refractivity contribution in [1.82, 2.24) is 5.32 Å². The molecular formula is C12H16N2O3. The minimum atomic E-state index is -0.527. The predicted octanol–water partition coefficient (Wildman–Crippen LogP) is 2.00. The third-order valence-electron chi connectivity index (χ3n) is 1.98. The largest absolute Gasteiger partial charge is 0.450 e. The lowest BCUT2D eigenvalue weighted by Crippen LogP contribution is -2.22. The van der Waals surface area contributed by atoms with Crippen LogP contribution in [0.2, 0.25) is 0 Å². The van der Waals surface area contributed by atoms with E-state index < -0.39 is 6.09 Å². The number of hydrogen-bond donors (Lipinski definition) is 2. The molecule has 0 aliphatic rings. The highest BCUT2D eigenvalue weighted by molar-refractivity contribution is 5.96. The van der Waals surface area contributed by atoms with Crippen molar-refractivity contribution in [2.24, 2.45) is 0 Å². The number of nitrogens with one attached hydrogen (secondary N) is 2. The highest BCUT2D eigenvalue weighted by Gasteiger charge is 2.06. The normalized spacial score (nSPS) is 9.53. The molecule has 1 rings (SSSR count). The van der Waals surface area contributed by atoms with Gasteiger partial charge in [-0.25, -0.2) is 4.79 Å². The van der Waals surface area contributed by atoms with E-state index in [0.29, 0.717) is 24.4 Å². The summed E-state index contributed by atoms with van der Waals surface area (Å²) in [6.07, 6.45) is -0.527. The van der Waals surface area contributed by atoms with Crippen LogP contribution >= 0.6 is 0 Å². The van der Waals surface area contributed by atoms with Crippen molar-refractivity contribution in [3.8, 4) is 0 Å². The molecule has 0 bridgehead atoms. The van der Waals surface area contributed by atoms with Crippen LogP contribution in [0, 0.1) is 0 Å². The van der Waals surface area contributed by atoms with Gasteiger partial charge in [0, 0.05) is 17.8 Å². The number of hydrogen-bond acceptors (Lipinski definition) is 3. The van der Waals surface area contributed by atoms with E-state index in [0.717, 1.165) is 0 Å². The zero-order valence-electron chi connectivity index (χ0n) is 9.95. The number of anilines is 1. The van der Waals surface area contributed by atoms with E-state index in [9.17, 15) is 9.59 Å². The van der Waals surface area contributed by atoms with E-state index in [-0.39, 0.29) is 5.91 Å². The number of ether oxygens (including phenoxy) is 1. The van der Waals surface area contributed by atoms with Crippen molar-refractivity contribution >= 4 is 17.7 Å². The van der Waals surface area contributed by atoms with Crippen LogP contribution in [0.1, 0.15) is 24.2 Å². The number of carbonyl (C=O) groups is 2. The molecule has 2 amide bonds. The average molecular weight is 236 g/mol. The maximum absolute atomic E-state index is 11.6. The highest BCUT2D eigenvalue weighted by Crippen LogP contribution is 2.10. The molecule has 0 spiro atoms. The highest BCUT2D eigenvalue weighted by atomic mass is 16.5. The molecule has 0 unspecified atom stereocenters. The summed E-state index contributed by atoms with van der Waals surface area (Å²) in [6.45, 7) is 4.44. The molecule has 0 aliphatic carbocycles. The van der Waals surface area contributed by atoms with E-state index in [1.54, 1.807) is 31.2 Å². The smallest absolute Gasteiger partial charge is 0.411 e. The summed E-state index contributed by atoms with van der Waals surface area (Å²) < 4.78 is 4.74. The molecule has 0 radical (unpaired) electrons. The Balaban J connectivity index is 2.72. The van der Waals surface area contributed by atoms with Gasteiger partial charge in [-0.05, 0) is 32.0 Å². The quantitative estimate of drug-likeness (QED) is 0.840. The molecule has 0 heterocycles. The molecule has 0 aliphatic heterocycles. The van der Waals surface area contributed by atoms with E-state index in [1.165, 1.54) is 0 Å². The Hall–Kier alpha value is -2.04. The third kappa shape index (κ3) is 4.14. The summed E-state index contributed by atoms with van der Waals surface area (Å²) in [5, 5.41) is 5.22. The second-order valence-electron chi connectivity index (χ2n) is 3.29. The lowest BCUT2D eigenvalue weighted by Gasteiger charge is -2.07. The fraction of sp³-hybridized carbons (Fsp3) is 0.333. The summed E-state index contributed by atoms with van der Waals surface area (Å²) >= 11 is 0. The van der Waals surface area contributed by atoms with Crippen LogP contribution in [0.4, 0.5) is 10.5 Å². The molecule has 1 aromatic rings. The first-order valence-electron chi connectivity index (χ1n) is 5.49. The first-order valence-corrected chi connectivity index (χ1v) is 5.49. The van der Waals surface area contributed by atoms with Crippen molar-refractivity contribution in [3.05, 3.63) is 29.8 Å². The van der Waals surface area contributed by atoms with Crippen molar-refractivity contribution in [2.45, 2.75) is 13.8 Å². The molecule has 2 N–H and O–H groups in total.